The van der Waals surface area contributed by atoms with Gasteiger partial charge < -0.3 is 10.8 Å². The van der Waals surface area contributed by atoms with Crippen LogP contribution in [0.5, 0.6) is 0 Å². The number of carboxylic acid groups (broad SMARTS) is 1. The van der Waals surface area contributed by atoms with Crippen LogP contribution in [-0.4, -0.2) is 21.3 Å². The van der Waals surface area contributed by atoms with Crippen LogP contribution in [0, 0.1) is 13.8 Å². The van der Waals surface area contributed by atoms with Gasteiger partial charge in [0.25, 0.3) is 0 Å². The van der Waals surface area contributed by atoms with Crippen molar-refractivity contribution in [1.29, 1.82) is 0 Å². The van der Waals surface area contributed by atoms with Crippen LogP contribution in [0.3, 0.4) is 0 Å². The molecule has 2 aromatic rings. The average molecular weight is 231 g/mol. The molecule has 0 aliphatic carbocycles. The van der Waals surface area contributed by atoms with Crippen molar-refractivity contribution in [1.82, 2.24) is 10.2 Å². The smallest absolute Gasteiger partial charge is 0.335 e. The molecule has 1 aromatic carbocycles. The number of nitrogens with two attached hydrogens (primary N) is 1. The largest absolute Gasteiger partial charge is 0.478 e. The van der Waals surface area contributed by atoms with Crippen molar-refractivity contribution in [3.05, 3.63) is 35.0 Å². The van der Waals surface area contributed by atoms with E-state index in [4.69, 9.17) is 10.8 Å². The number of rotatable bonds is 2. The first kappa shape index (κ1) is 11.2. The Morgan fingerprint density at radius 3 is 2.65 bits per heavy atom. The molecule has 0 spiro atoms. The Hall–Kier alpha value is -2.30. The van der Waals surface area contributed by atoms with E-state index in [2.05, 4.69) is 10.2 Å². The first-order chi connectivity index (χ1) is 8.00. The lowest BCUT2D eigenvalue weighted by Crippen LogP contribution is -2.02. The molecule has 4 N–H and O–H groups in total. The molecular weight excluding hydrogens is 218 g/mol. The predicted molar refractivity (Wildman–Crippen MR) is 64.9 cm³/mol. The Morgan fingerprint density at radius 2 is 2.12 bits per heavy atom. The molecule has 17 heavy (non-hydrogen) atoms. The van der Waals surface area contributed by atoms with E-state index < -0.39 is 5.97 Å². The van der Waals surface area contributed by atoms with Crippen molar-refractivity contribution in [2.75, 3.05) is 5.73 Å². The quantitative estimate of drug-likeness (QED) is 0.736. The van der Waals surface area contributed by atoms with Crippen molar-refractivity contribution in [2.24, 2.45) is 0 Å². The summed E-state index contributed by atoms with van der Waals surface area (Å²) in [7, 11) is 0. The normalized spacial score (nSPS) is 10.5. The molecule has 0 bridgehead atoms. The molecule has 0 aliphatic heterocycles. The average Bonchev–Trinajstić information content (AvgIpc) is 2.68. The van der Waals surface area contributed by atoms with Crippen LogP contribution in [0.25, 0.3) is 11.1 Å². The number of aromatic amines is 1. The van der Waals surface area contributed by atoms with Gasteiger partial charge in [0.05, 0.1) is 11.8 Å². The highest BCUT2D eigenvalue weighted by Crippen LogP contribution is 2.27. The fourth-order valence-electron chi connectivity index (χ4n) is 1.76. The number of nitrogens with one attached hydrogen (secondary N) is 1. The van der Waals surface area contributed by atoms with E-state index in [0.29, 0.717) is 11.4 Å². The molecule has 5 nitrogen and oxygen atoms in total. The lowest BCUT2D eigenvalue weighted by Gasteiger charge is -2.08. The van der Waals surface area contributed by atoms with Gasteiger partial charge in [-0.05, 0) is 36.6 Å². The molecule has 0 saturated carbocycles. The van der Waals surface area contributed by atoms with Gasteiger partial charge in [-0.3, -0.25) is 5.10 Å². The van der Waals surface area contributed by atoms with E-state index >= 15 is 0 Å². The zero-order valence-electron chi connectivity index (χ0n) is 9.61. The van der Waals surface area contributed by atoms with Crippen LogP contribution in [-0.2, 0) is 0 Å². The fourth-order valence-corrected chi connectivity index (χ4v) is 1.76. The van der Waals surface area contributed by atoms with Crippen LogP contribution in [0.1, 0.15) is 21.5 Å². The van der Waals surface area contributed by atoms with E-state index in [9.17, 15) is 4.79 Å². The molecule has 0 amide bonds. The summed E-state index contributed by atoms with van der Waals surface area (Å²) in [6.45, 7) is 3.67. The Kier molecular flexibility index (Phi) is 2.59. The number of carboxylic acids is 1. The summed E-state index contributed by atoms with van der Waals surface area (Å²) in [5, 5.41) is 15.6. The molecule has 0 unspecified atom stereocenters. The minimum atomic E-state index is -0.936. The number of nitrogens with zero attached hydrogens (tertiary/aromatic N) is 1. The molecule has 88 valence electrons. The van der Waals surface area contributed by atoms with Crippen molar-refractivity contribution in [3.8, 4) is 11.1 Å². The number of benzene rings is 1. The summed E-state index contributed by atoms with van der Waals surface area (Å²) >= 11 is 0. The minimum absolute atomic E-state index is 0.292. The second-order valence-corrected chi connectivity index (χ2v) is 3.97. The third kappa shape index (κ3) is 1.87. The van der Waals surface area contributed by atoms with E-state index in [-0.39, 0.29) is 0 Å². The van der Waals surface area contributed by atoms with Gasteiger partial charge in [0.1, 0.15) is 5.82 Å². The maximum atomic E-state index is 11.1. The maximum Gasteiger partial charge on any atom is 0.335 e. The van der Waals surface area contributed by atoms with Gasteiger partial charge in [0, 0.05) is 5.56 Å². The zero-order valence-corrected chi connectivity index (χ0v) is 9.61. The van der Waals surface area contributed by atoms with E-state index in [1.807, 2.05) is 13.0 Å². The van der Waals surface area contributed by atoms with Gasteiger partial charge in [0.15, 0.2) is 0 Å². The highest BCUT2D eigenvalue weighted by molar-refractivity contribution is 5.92. The number of anilines is 1. The van der Waals surface area contributed by atoms with Gasteiger partial charge in [0.2, 0.25) is 0 Å². The highest BCUT2D eigenvalue weighted by atomic mass is 16.4. The van der Waals surface area contributed by atoms with E-state index in [1.54, 1.807) is 19.2 Å². The summed E-state index contributed by atoms with van der Waals surface area (Å²) < 4.78 is 0. The minimum Gasteiger partial charge on any atom is -0.478 e. The Labute approximate surface area is 98.3 Å². The second kappa shape index (κ2) is 3.93. The number of hydrogen-bond donors (Lipinski definition) is 3. The predicted octanol–water partition coefficient (Wildman–Crippen LogP) is 1.97. The lowest BCUT2D eigenvalue weighted by atomic mass is 9.97. The van der Waals surface area contributed by atoms with Crippen LogP contribution in [0.4, 0.5) is 5.82 Å². The van der Waals surface area contributed by atoms with Gasteiger partial charge >= 0.3 is 5.97 Å². The molecule has 5 heteroatoms. The number of H-pyrrole nitrogens is 1. The molecule has 0 saturated heterocycles. The van der Waals surface area contributed by atoms with E-state index in [0.717, 1.165) is 22.3 Å². The Balaban J connectivity index is 2.65. The molecule has 1 aromatic heterocycles. The molecule has 0 atom stereocenters. The molecule has 0 aliphatic rings. The molecule has 2 rings (SSSR count). The van der Waals surface area contributed by atoms with Crippen LogP contribution < -0.4 is 5.73 Å². The second-order valence-electron chi connectivity index (χ2n) is 3.97. The third-order valence-electron chi connectivity index (χ3n) is 2.88. The number of hydrogen-bond acceptors (Lipinski definition) is 3. The number of nitrogen functional groups attached to an aromatic ring is 1. The summed E-state index contributed by atoms with van der Waals surface area (Å²) in [5.41, 5.74) is 9.18. The lowest BCUT2D eigenvalue weighted by molar-refractivity contribution is 0.0696. The third-order valence-corrected chi connectivity index (χ3v) is 2.88. The van der Waals surface area contributed by atoms with E-state index in [1.165, 1.54) is 0 Å². The first-order valence-corrected chi connectivity index (χ1v) is 5.14. The Morgan fingerprint density at radius 1 is 1.41 bits per heavy atom. The molecule has 1 heterocycles. The van der Waals surface area contributed by atoms with Gasteiger partial charge in [-0.25, -0.2) is 4.79 Å². The Bertz CT molecular complexity index is 587. The monoisotopic (exact) mass is 231 g/mol. The van der Waals surface area contributed by atoms with Crippen molar-refractivity contribution in [2.45, 2.75) is 13.8 Å². The molecule has 0 radical (unpaired) electrons. The van der Waals surface area contributed by atoms with Crippen molar-refractivity contribution in [3.63, 3.8) is 0 Å². The molecule has 0 fully saturated rings. The van der Waals surface area contributed by atoms with Gasteiger partial charge in [-0.2, -0.15) is 5.10 Å². The number of aryl methyl sites for hydroxylation is 1. The van der Waals surface area contributed by atoms with Crippen LogP contribution >= 0.6 is 0 Å². The number of aromatic carboxylic acids is 1. The first-order valence-electron chi connectivity index (χ1n) is 5.14. The van der Waals surface area contributed by atoms with Crippen LogP contribution in [0.2, 0.25) is 0 Å². The summed E-state index contributed by atoms with van der Waals surface area (Å²) in [6, 6.07) is 3.52. The summed E-state index contributed by atoms with van der Waals surface area (Å²) in [5.74, 6) is -0.501. The SMILES string of the molecule is Cc1cc(-c2cn[nH]c2N)cc(C(=O)O)c1C. The van der Waals surface area contributed by atoms with Crippen LogP contribution in [0.15, 0.2) is 18.3 Å². The fraction of sp³-hybridized carbons (Fsp3) is 0.167. The summed E-state index contributed by atoms with van der Waals surface area (Å²) in [6.07, 6.45) is 1.59. The molecular formula is C12H13N3O2. The number of carbonyl (C=O) groups is 1. The highest BCUT2D eigenvalue weighted by Gasteiger charge is 2.13. The standard InChI is InChI=1S/C12H13N3O2/c1-6-3-8(10-5-14-15-11(10)13)4-9(7(6)2)12(16)17/h3-5H,1-2H3,(H,16,17)(H3,13,14,15). The van der Waals surface area contributed by atoms with Crippen molar-refractivity contribution >= 4 is 11.8 Å². The van der Waals surface area contributed by atoms with Gasteiger partial charge in [-0.1, -0.05) is 6.07 Å². The summed E-state index contributed by atoms with van der Waals surface area (Å²) in [4.78, 5) is 11.1. The maximum absolute atomic E-state index is 11.1. The topological polar surface area (TPSA) is 92.0 Å². The number of aromatic nitrogens is 2. The van der Waals surface area contributed by atoms with Gasteiger partial charge in [-0.15, -0.1) is 0 Å². The van der Waals surface area contributed by atoms with Crippen molar-refractivity contribution < 1.29 is 9.90 Å². The zero-order chi connectivity index (χ0) is 12.6.